The zero-order chi connectivity index (χ0) is 17.2. The van der Waals surface area contributed by atoms with Crippen molar-refractivity contribution in [3.05, 3.63) is 48.3 Å². The van der Waals surface area contributed by atoms with Crippen LogP contribution in [0.4, 0.5) is 9.93 Å². The predicted octanol–water partition coefficient (Wildman–Crippen LogP) is 2.03. The minimum atomic E-state index is -0.115. The van der Waals surface area contributed by atoms with Gasteiger partial charge in [-0.05, 0) is 12.1 Å². The van der Waals surface area contributed by atoms with Crippen LogP contribution in [0.25, 0.3) is 5.70 Å². The van der Waals surface area contributed by atoms with Gasteiger partial charge >= 0.3 is 6.03 Å². The molecule has 130 valence electrons. The summed E-state index contributed by atoms with van der Waals surface area (Å²) in [6.45, 7) is 5.69. The van der Waals surface area contributed by atoms with E-state index in [1.54, 1.807) is 28.5 Å². The average molecular weight is 358 g/mol. The second kappa shape index (κ2) is 6.69. The van der Waals surface area contributed by atoms with Gasteiger partial charge in [-0.25, -0.2) is 14.5 Å². The number of hydrogen-bond donors (Lipinski definition) is 1. The van der Waals surface area contributed by atoms with Crippen LogP contribution in [0.15, 0.2) is 42.6 Å². The zero-order valence-corrected chi connectivity index (χ0v) is 14.4. The molecular formula is C16H18N6O2S. The lowest BCUT2D eigenvalue weighted by Crippen LogP contribution is -2.33. The molecule has 4 heterocycles. The molecular weight excluding hydrogens is 340 g/mol. The summed E-state index contributed by atoms with van der Waals surface area (Å²) in [4.78, 5) is 23.8. The highest BCUT2D eigenvalue weighted by molar-refractivity contribution is 7.13. The fourth-order valence-corrected chi connectivity index (χ4v) is 3.44. The number of thiazole rings is 1. The number of nitrogens with one attached hydrogen (secondary N) is 1. The Morgan fingerprint density at radius 3 is 3.24 bits per heavy atom. The molecule has 2 amide bonds. The number of amides is 2. The monoisotopic (exact) mass is 358 g/mol. The maximum Gasteiger partial charge on any atom is 0.345 e. The molecule has 1 N–H and O–H groups in total. The average Bonchev–Trinajstić information content (AvgIpc) is 3.34. The van der Waals surface area contributed by atoms with E-state index in [1.165, 1.54) is 5.06 Å². The van der Waals surface area contributed by atoms with E-state index in [0.717, 1.165) is 16.5 Å². The smallest absolute Gasteiger partial charge is 0.345 e. The van der Waals surface area contributed by atoms with Gasteiger partial charge in [0.25, 0.3) is 0 Å². The molecule has 0 spiro atoms. The Labute approximate surface area is 149 Å². The number of aromatic nitrogens is 3. The van der Waals surface area contributed by atoms with Crippen LogP contribution in [0.3, 0.4) is 0 Å². The summed E-state index contributed by atoms with van der Waals surface area (Å²) >= 11 is 1.55. The van der Waals surface area contributed by atoms with Gasteiger partial charge in [-0.3, -0.25) is 4.84 Å². The largest absolute Gasteiger partial charge is 0.356 e. The minimum absolute atomic E-state index is 0.0997. The topological polar surface area (TPSA) is 75.5 Å². The van der Waals surface area contributed by atoms with E-state index >= 15 is 0 Å². The van der Waals surface area contributed by atoms with Crippen LogP contribution in [0.1, 0.15) is 5.69 Å². The van der Waals surface area contributed by atoms with Crippen molar-refractivity contribution in [1.82, 2.24) is 24.7 Å². The highest BCUT2D eigenvalue weighted by atomic mass is 32.1. The van der Waals surface area contributed by atoms with Gasteiger partial charge in [-0.2, -0.15) is 10.2 Å². The number of anilines is 1. The summed E-state index contributed by atoms with van der Waals surface area (Å²) in [6, 6.07) is 1.74. The molecule has 1 atom stereocenters. The lowest BCUT2D eigenvalue weighted by atomic mass is 10.2. The van der Waals surface area contributed by atoms with Gasteiger partial charge in [0.05, 0.1) is 37.1 Å². The van der Waals surface area contributed by atoms with E-state index in [2.05, 4.69) is 22.0 Å². The number of carbonyl (C=O) groups is 1. The molecule has 4 rings (SSSR count). The van der Waals surface area contributed by atoms with E-state index in [4.69, 9.17) is 4.84 Å². The van der Waals surface area contributed by atoms with Crippen molar-refractivity contribution in [3.8, 4) is 0 Å². The van der Waals surface area contributed by atoms with E-state index in [0.29, 0.717) is 26.2 Å². The Bertz CT molecular complexity index is 799. The number of fused-ring (bicyclic) bond motifs is 2. The van der Waals surface area contributed by atoms with E-state index in [1.807, 2.05) is 28.4 Å². The van der Waals surface area contributed by atoms with Crippen LogP contribution in [0.2, 0.25) is 0 Å². The van der Waals surface area contributed by atoms with Crippen molar-refractivity contribution in [2.75, 3.05) is 25.0 Å². The van der Waals surface area contributed by atoms with Gasteiger partial charge in [0.15, 0.2) is 5.13 Å². The van der Waals surface area contributed by atoms with Gasteiger partial charge in [0, 0.05) is 24.3 Å². The van der Waals surface area contributed by atoms with Gasteiger partial charge < -0.3 is 10.2 Å². The first-order valence-electron chi connectivity index (χ1n) is 7.95. The summed E-state index contributed by atoms with van der Waals surface area (Å²) in [6.07, 6.45) is 7.34. The summed E-state index contributed by atoms with van der Waals surface area (Å²) in [5.74, 6) is 0. The van der Waals surface area contributed by atoms with Gasteiger partial charge in [0.1, 0.15) is 0 Å². The van der Waals surface area contributed by atoms with Crippen molar-refractivity contribution in [3.63, 3.8) is 0 Å². The lowest BCUT2D eigenvalue weighted by molar-refractivity contribution is -0.107. The Balaban J connectivity index is 1.45. The SMILES string of the molecule is C=CCON1C(=O)N2CC(n3ccc(CNc4nccs4)n3)=CC1C2. The van der Waals surface area contributed by atoms with Crippen molar-refractivity contribution >= 4 is 28.2 Å². The first kappa shape index (κ1) is 15.9. The summed E-state index contributed by atoms with van der Waals surface area (Å²) in [7, 11) is 0. The highest BCUT2D eigenvalue weighted by Gasteiger charge is 2.41. The second-order valence-electron chi connectivity index (χ2n) is 5.74. The number of hydroxylamine groups is 2. The molecule has 0 radical (unpaired) electrons. The summed E-state index contributed by atoms with van der Waals surface area (Å²) in [5.41, 5.74) is 1.88. The minimum Gasteiger partial charge on any atom is -0.356 e. The Morgan fingerprint density at radius 1 is 1.52 bits per heavy atom. The van der Waals surface area contributed by atoms with Crippen LogP contribution in [0.5, 0.6) is 0 Å². The van der Waals surface area contributed by atoms with Crippen LogP contribution >= 0.6 is 11.3 Å². The van der Waals surface area contributed by atoms with Crippen molar-refractivity contribution in [2.24, 2.45) is 0 Å². The molecule has 25 heavy (non-hydrogen) atoms. The maximum absolute atomic E-state index is 12.3. The fourth-order valence-electron chi connectivity index (χ4n) is 2.91. The molecule has 0 aliphatic carbocycles. The Morgan fingerprint density at radius 2 is 2.44 bits per heavy atom. The molecule has 9 heteroatoms. The fraction of sp³-hybridized carbons (Fsp3) is 0.312. The molecule has 0 aromatic carbocycles. The third kappa shape index (κ3) is 3.15. The van der Waals surface area contributed by atoms with Gasteiger partial charge in [-0.15, -0.1) is 17.9 Å². The van der Waals surface area contributed by atoms with Crippen molar-refractivity contribution in [1.29, 1.82) is 0 Å². The normalized spacial score (nSPS) is 19.3. The van der Waals surface area contributed by atoms with Crippen LogP contribution < -0.4 is 5.32 Å². The molecule has 8 nitrogen and oxygen atoms in total. The number of hydrogen-bond acceptors (Lipinski definition) is 6. The molecule has 2 aromatic heterocycles. The molecule has 0 saturated carbocycles. The number of nitrogens with zero attached hydrogens (tertiary/aromatic N) is 5. The maximum atomic E-state index is 12.3. The van der Waals surface area contributed by atoms with Crippen LogP contribution in [0, 0.1) is 0 Å². The summed E-state index contributed by atoms with van der Waals surface area (Å²) in [5, 5.41) is 12.0. The first-order chi connectivity index (χ1) is 12.2. The van der Waals surface area contributed by atoms with E-state index < -0.39 is 0 Å². The summed E-state index contributed by atoms with van der Waals surface area (Å²) < 4.78 is 1.82. The predicted molar refractivity (Wildman–Crippen MR) is 94.7 cm³/mol. The molecule has 2 aromatic rings. The van der Waals surface area contributed by atoms with Crippen LogP contribution in [-0.4, -0.2) is 56.5 Å². The number of urea groups is 1. The number of carbonyl (C=O) groups excluding carboxylic acids is 1. The molecule has 2 aliphatic heterocycles. The number of rotatable bonds is 7. The van der Waals surface area contributed by atoms with E-state index in [-0.39, 0.29) is 12.1 Å². The lowest BCUT2D eigenvalue weighted by Gasteiger charge is -2.21. The van der Waals surface area contributed by atoms with Crippen molar-refractivity contribution < 1.29 is 9.63 Å². The first-order valence-corrected chi connectivity index (χ1v) is 8.83. The van der Waals surface area contributed by atoms with Gasteiger partial charge in [0.2, 0.25) is 0 Å². The van der Waals surface area contributed by atoms with Crippen molar-refractivity contribution in [2.45, 2.75) is 12.6 Å². The standard InChI is InChI=1S/C16H18N6O2S/c1-2-6-24-22-14-8-13(10-20(11-14)16(22)23)21-5-3-12(19-21)9-18-15-17-4-7-25-15/h2-5,7-8,14H,1,6,9-11H2,(H,17,18). The Kier molecular flexibility index (Phi) is 4.24. The van der Waals surface area contributed by atoms with Crippen LogP contribution in [-0.2, 0) is 11.4 Å². The third-order valence-electron chi connectivity index (χ3n) is 4.03. The molecule has 2 aliphatic rings. The van der Waals surface area contributed by atoms with E-state index in [9.17, 15) is 4.79 Å². The Hall–Kier alpha value is -2.65. The highest BCUT2D eigenvalue weighted by Crippen LogP contribution is 2.26. The molecule has 2 bridgehead atoms. The second-order valence-corrected chi connectivity index (χ2v) is 6.64. The quantitative estimate of drug-likeness (QED) is 0.767. The molecule has 1 saturated heterocycles. The zero-order valence-electron chi connectivity index (χ0n) is 13.5. The van der Waals surface area contributed by atoms with Gasteiger partial charge in [-0.1, -0.05) is 6.08 Å². The third-order valence-corrected chi connectivity index (χ3v) is 4.76. The molecule has 1 fully saturated rings. The molecule has 1 unspecified atom stereocenters.